The summed E-state index contributed by atoms with van der Waals surface area (Å²) in [4.78, 5) is 27.6. The van der Waals surface area contributed by atoms with E-state index in [1.54, 1.807) is 4.90 Å². The van der Waals surface area contributed by atoms with Crippen molar-refractivity contribution < 1.29 is 14.7 Å². The number of carbonyl (C=O) groups excluding carboxylic acids is 1. The number of piperidine rings is 2. The molecule has 2 aliphatic rings. The third-order valence-electron chi connectivity index (χ3n) is 4.88. The molecule has 0 bridgehead atoms. The fraction of sp³-hybridized carbons (Fsp3) is 0.867. The van der Waals surface area contributed by atoms with E-state index < -0.39 is 12.0 Å². The SMILES string of the molecule is CC1CC(C)C(C)N(C(=O)N2CCCCC2C(=O)O)C1. The van der Waals surface area contributed by atoms with Crippen LogP contribution in [0.25, 0.3) is 0 Å². The monoisotopic (exact) mass is 282 g/mol. The van der Waals surface area contributed by atoms with Crippen molar-refractivity contribution in [2.75, 3.05) is 13.1 Å². The number of nitrogens with zero attached hydrogens (tertiary/aromatic N) is 2. The molecule has 2 amide bonds. The lowest BCUT2D eigenvalue weighted by molar-refractivity contribution is -0.143. The molecular weight excluding hydrogens is 256 g/mol. The van der Waals surface area contributed by atoms with E-state index in [-0.39, 0.29) is 12.1 Å². The van der Waals surface area contributed by atoms with Crippen molar-refractivity contribution in [3.63, 3.8) is 0 Å². The van der Waals surface area contributed by atoms with Gasteiger partial charge in [0.05, 0.1) is 0 Å². The van der Waals surface area contributed by atoms with Gasteiger partial charge in [0.1, 0.15) is 6.04 Å². The molecule has 0 radical (unpaired) electrons. The smallest absolute Gasteiger partial charge is 0.326 e. The molecule has 5 heteroatoms. The first-order valence-corrected chi connectivity index (χ1v) is 7.71. The first kappa shape index (κ1) is 15.1. The van der Waals surface area contributed by atoms with Gasteiger partial charge >= 0.3 is 12.0 Å². The van der Waals surface area contributed by atoms with Crippen molar-refractivity contribution in [1.82, 2.24) is 9.80 Å². The van der Waals surface area contributed by atoms with Gasteiger partial charge in [-0.1, -0.05) is 13.8 Å². The summed E-state index contributed by atoms with van der Waals surface area (Å²) in [6.45, 7) is 7.72. The lowest BCUT2D eigenvalue weighted by Gasteiger charge is -2.45. The Morgan fingerprint density at radius 3 is 2.45 bits per heavy atom. The standard InChI is InChI=1S/C15H26N2O3/c1-10-8-11(2)12(3)17(9-10)15(20)16-7-5-4-6-13(16)14(18)19/h10-13H,4-9H2,1-3H3,(H,18,19). The average Bonchev–Trinajstić information content (AvgIpc) is 2.42. The topological polar surface area (TPSA) is 60.9 Å². The van der Waals surface area contributed by atoms with Crippen molar-refractivity contribution in [1.29, 1.82) is 0 Å². The third-order valence-corrected chi connectivity index (χ3v) is 4.88. The number of aliphatic carboxylic acids is 1. The summed E-state index contributed by atoms with van der Waals surface area (Å²) < 4.78 is 0. The van der Waals surface area contributed by atoms with Crippen LogP contribution in [0.15, 0.2) is 0 Å². The molecule has 2 fully saturated rings. The van der Waals surface area contributed by atoms with Gasteiger partial charge in [-0.25, -0.2) is 9.59 Å². The Labute approximate surface area is 120 Å². The van der Waals surface area contributed by atoms with Crippen LogP contribution in [0.2, 0.25) is 0 Å². The van der Waals surface area contributed by atoms with Gasteiger partial charge in [0.25, 0.3) is 0 Å². The Balaban J connectivity index is 2.13. The van der Waals surface area contributed by atoms with Crippen LogP contribution in [0.4, 0.5) is 4.79 Å². The molecule has 20 heavy (non-hydrogen) atoms. The van der Waals surface area contributed by atoms with Gasteiger partial charge in [-0.2, -0.15) is 0 Å². The number of amides is 2. The van der Waals surface area contributed by atoms with Crippen LogP contribution < -0.4 is 0 Å². The minimum Gasteiger partial charge on any atom is -0.480 e. The highest BCUT2D eigenvalue weighted by Crippen LogP contribution is 2.29. The van der Waals surface area contributed by atoms with Crippen LogP contribution in [-0.2, 0) is 4.79 Å². The molecule has 1 N–H and O–H groups in total. The largest absolute Gasteiger partial charge is 0.480 e. The maximum Gasteiger partial charge on any atom is 0.326 e. The minimum atomic E-state index is -0.871. The molecule has 2 rings (SSSR count). The molecule has 0 spiro atoms. The maximum absolute atomic E-state index is 12.8. The number of hydrogen-bond donors (Lipinski definition) is 1. The Kier molecular flexibility index (Phi) is 4.55. The van der Waals surface area contributed by atoms with Crippen molar-refractivity contribution in [3.8, 4) is 0 Å². The molecule has 0 aliphatic carbocycles. The van der Waals surface area contributed by atoms with Gasteiger partial charge in [0.15, 0.2) is 0 Å². The average molecular weight is 282 g/mol. The highest BCUT2D eigenvalue weighted by Gasteiger charge is 2.39. The summed E-state index contributed by atoms with van der Waals surface area (Å²) in [7, 11) is 0. The van der Waals surface area contributed by atoms with Crippen molar-refractivity contribution in [2.24, 2.45) is 11.8 Å². The molecule has 0 aromatic rings. The van der Waals surface area contributed by atoms with E-state index in [2.05, 4.69) is 20.8 Å². The van der Waals surface area contributed by atoms with Crippen molar-refractivity contribution in [2.45, 2.75) is 58.5 Å². The van der Waals surface area contributed by atoms with E-state index in [1.807, 2.05) is 4.90 Å². The number of carboxylic acid groups (broad SMARTS) is 1. The molecule has 114 valence electrons. The van der Waals surface area contributed by atoms with Crippen LogP contribution in [0, 0.1) is 11.8 Å². The molecule has 0 aromatic carbocycles. The van der Waals surface area contributed by atoms with Gasteiger partial charge < -0.3 is 14.9 Å². The molecule has 2 heterocycles. The molecule has 0 aromatic heterocycles. The van der Waals surface area contributed by atoms with Gasteiger partial charge in [0.2, 0.25) is 0 Å². The van der Waals surface area contributed by atoms with Crippen molar-refractivity contribution in [3.05, 3.63) is 0 Å². The minimum absolute atomic E-state index is 0.0806. The summed E-state index contributed by atoms with van der Waals surface area (Å²) in [6, 6.07) is -0.533. The zero-order valence-electron chi connectivity index (χ0n) is 12.7. The molecule has 5 nitrogen and oxygen atoms in total. The van der Waals surface area contributed by atoms with Gasteiger partial charge in [-0.05, 0) is 44.4 Å². The van der Waals surface area contributed by atoms with E-state index >= 15 is 0 Å². The Morgan fingerprint density at radius 1 is 1.10 bits per heavy atom. The highest BCUT2D eigenvalue weighted by molar-refractivity contribution is 5.83. The Morgan fingerprint density at radius 2 is 1.80 bits per heavy atom. The van der Waals surface area contributed by atoms with Crippen LogP contribution in [-0.4, -0.2) is 52.1 Å². The summed E-state index contributed by atoms with van der Waals surface area (Å²) in [5, 5.41) is 9.31. The molecule has 4 atom stereocenters. The Bertz CT molecular complexity index is 385. The molecule has 2 aliphatic heterocycles. The second kappa shape index (κ2) is 6.02. The summed E-state index contributed by atoms with van der Waals surface area (Å²) >= 11 is 0. The second-order valence-corrected chi connectivity index (χ2v) is 6.54. The zero-order valence-corrected chi connectivity index (χ0v) is 12.7. The van der Waals surface area contributed by atoms with Crippen LogP contribution in [0.5, 0.6) is 0 Å². The quantitative estimate of drug-likeness (QED) is 0.803. The fourth-order valence-corrected chi connectivity index (χ4v) is 3.55. The normalized spacial score (nSPS) is 35.0. The lowest BCUT2D eigenvalue weighted by atomic mass is 9.86. The van der Waals surface area contributed by atoms with E-state index in [0.717, 1.165) is 25.8 Å². The molecular formula is C15H26N2O3. The van der Waals surface area contributed by atoms with Gasteiger partial charge in [-0.15, -0.1) is 0 Å². The summed E-state index contributed by atoms with van der Waals surface area (Å²) in [5.74, 6) is 0.0813. The van der Waals surface area contributed by atoms with E-state index in [1.165, 1.54) is 0 Å². The second-order valence-electron chi connectivity index (χ2n) is 6.54. The maximum atomic E-state index is 12.8. The van der Waals surface area contributed by atoms with E-state index in [0.29, 0.717) is 24.8 Å². The molecule has 2 saturated heterocycles. The lowest BCUT2D eigenvalue weighted by Crippen LogP contribution is -2.58. The van der Waals surface area contributed by atoms with E-state index in [4.69, 9.17) is 0 Å². The number of hydrogen-bond acceptors (Lipinski definition) is 2. The van der Waals surface area contributed by atoms with Crippen LogP contribution in [0.1, 0.15) is 46.5 Å². The van der Waals surface area contributed by atoms with Crippen LogP contribution >= 0.6 is 0 Å². The third kappa shape index (κ3) is 2.91. The number of rotatable bonds is 1. The molecule has 0 saturated carbocycles. The number of carbonyl (C=O) groups is 2. The Hall–Kier alpha value is -1.26. The number of carboxylic acids is 1. The number of likely N-dealkylation sites (tertiary alicyclic amines) is 2. The number of urea groups is 1. The highest BCUT2D eigenvalue weighted by atomic mass is 16.4. The summed E-state index contributed by atoms with van der Waals surface area (Å²) in [6.07, 6.45) is 3.51. The zero-order chi connectivity index (χ0) is 14.9. The molecule has 4 unspecified atom stereocenters. The van der Waals surface area contributed by atoms with Gasteiger partial charge in [-0.3, -0.25) is 0 Å². The van der Waals surface area contributed by atoms with Gasteiger partial charge in [0, 0.05) is 19.1 Å². The van der Waals surface area contributed by atoms with Crippen molar-refractivity contribution >= 4 is 12.0 Å². The fourth-order valence-electron chi connectivity index (χ4n) is 3.55. The predicted molar refractivity (Wildman–Crippen MR) is 76.5 cm³/mol. The first-order chi connectivity index (χ1) is 9.41. The first-order valence-electron chi connectivity index (χ1n) is 7.71. The summed E-state index contributed by atoms with van der Waals surface area (Å²) in [5.41, 5.74) is 0. The predicted octanol–water partition coefficient (Wildman–Crippen LogP) is 2.41. The van der Waals surface area contributed by atoms with E-state index in [9.17, 15) is 14.7 Å². The van der Waals surface area contributed by atoms with Crippen LogP contribution in [0.3, 0.4) is 0 Å².